The first kappa shape index (κ1) is 15.1. The summed E-state index contributed by atoms with van der Waals surface area (Å²) in [5, 5.41) is 0.636. The molecule has 1 aliphatic heterocycles. The van der Waals surface area contributed by atoms with Crippen molar-refractivity contribution in [3.8, 4) is 5.75 Å². The quantitative estimate of drug-likeness (QED) is 0.780. The molecule has 1 aliphatic rings. The first-order valence-corrected chi connectivity index (χ1v) is 6.84. The molecular weight excluding hydrogens is 282 g/mol. The third-order valence-corrected chi connectivity index (χ3v) is 3.11. The van der Waals surface area contributed by atoms with E-state index in [1.807, 2.05) is 24.1 Å². The number of halogens is 1. The number of rotatable bonds is 5. The second-order valence-electron chi connectivity index (χ2n) is 4.64. The van der Waals surface area contributed by atoms with Gasteiger partial charge < -0.3 is 14.2 Å². The van der Waals surface area contributed by atoms with Gasteiger partial charge >= 0.3 is 5.97 Å². The second-order valence-corrected chi connectivity index (χ2v) is 5.08. The monoisotopic (exact) mass is 299 g/mol. The normalized spacial score (nSPS) is 13.8. The van der Waals surface area contributed by atoms with E-state index in [4.69, 9.17) is 25.8 Å². The van der Waals surface area contributed by atoms with E-state index < -0.39 is 0 Å². The van der Waals surface area contributed by atoms with Crippen molar-refractivity contribution in [2.24, 2.45) is 0 Å². The fourth-order valence-electron chi connectivity index (χ4n) is 2.15. The van der Waals surface area contributed by atoms with Crippen LogP contribution in [0.25, 0.3) is 0 Å². The third kappa shape index (κ3) is 3.85. The van der Waals surface area contributed by atoms with E-state index in [-0.39, 0.29) is 19.3 Å². The van der Waals surface area contributed by atoms with E-state index in [1.165, 1.54) is 0 Å². The summed E-state index contributed by atoms with van der Waals surface area (Å²) in [4.78, 5) is 13.3. The molecule has 0 radical (unpaired) electrons. The van der Waals surface area contributed by atoms with E-state index in [9.17, 15) is 4.79 Å². The Labute approximate surface area is 123 Å². The first-order valence-electron chi connectivity index (χ1n) is 6.46. The van der Waals surface area contributed by atoms with Crippen LogP contribution in [0, 0.1) is 0 Å². The summed E-state index contributed by atoms with van der Waals surface area (Å²) >= 11 is 6.10. The maximum absolute atomic E-state index is 11.5. The van der Waals surface area contributed by atoms with Gasteiger partial charge in [0.05, 0.1) is 19.8 Å². The van der Waals surface area contributed by atoms with Crippen LogP contribution >= 0.6 is 11.6 Å². The molecule has 1 aromatic rings. The van der Waals surface area contributed by atoms with Crippen LogP contribution < -0.4 is 4.74 Å². The van der Waals surface area contributed by atoms with Crippen molar-refractivity contribution in [1.29, 1.82) is 0 Å². The number of ether oxygens (including phenoxy) is 3. The molecular formula is C14H18ClNO4. The van der Waals surface area contributed by atoms with Gasteiger partial charge in [0.15, 0.2) is 6.79 Å². The molecule has 0 aliphatic carbocycles. The summed E-state index contributed by atoms with van der Waals surface area (Å²) in [7, 11) is 1.85. The highest BCUT2D eigenvalue weighted by molar-refractivity contribution is 6.30. The summed E-state index contributed by atoms with van der Waals surface area (Å²) in [6.45, 7) is 3.69. The molecule has 0 saturated carbocycles. The molecule has 0 amide bonds. The van der Waals surface area contributed by atoms with Gasteiger partial charge in [-0.05, 0) is 26.1 Å². The smallest absolute Gasteiger partial charge is 0.320 e. The van der Waals surface area contributed by atoms with Gasteiger partial charge in [0.25, 0.3) is 0 Å². The maximum Gasteiger partial charge on any atom is 0.320 e. The van der Waals surface area contributed by atoms with Gasteiger partial charge in [-0.15, -0.1) is 0 Å². The average molecular weight is 300 g/mol. The van der Waals surface area contributed by atoms with Gasteiger partial charge in [-0.3, -0.25) is 9.69 Å². The van der Waals surface area contributed by atoms with Crippen molar-refractivity contribution in [2.45, 2.75) is 20.1 Å². The SMILES string of the molecule is CCOC(=O)CN(C)Cc1cc(Cl)cc2c1OCOC2. The second kappa shape index (κ2) is 6.92. The van der Waals surface area contributed by atoms with E-state index in [0.29, 0.717) is 24.8 Å². The van der Waals surface area contributed by atoms with Gasteiger partial charge in [-0.1, -0.05) is 11.6 Å². The largest absolute Gasteiger partial charge is 0.467 e. The lowest BCUT2D eigenvalue weighted by Crippen LogP contribution is -2.27. The number of esters is 1. The van der Waals surface area contributed by atoms with Crippen LogP contribution in [0.2, 0.25) is 5.02 Å². The Kier molecular flexibility index (Phi) is 5.23. The molecule has 110 valence electrons. The highest BCUT2D eigenvalue weighted by atomic mass is 35.5. The van der Waals surface area contributed by atoms with Crippen LogP contribution in [-0.2, 0) is 27.4 Å². The fourth-order valence-corrected chi connectivity index (χ4v) is 2.41. The van der Waals surface area contributed by atoms with Gasteiger partial charge in [-0.25, -0.2) is 0 Å². The minimum Gasteiger partial charge on any atom is -0.467 e. The van der Waals surface area contributed by atoms with Crippen LogP contribution in [0.4, 0.5) is 0 Å². The fraction of sp³-hybridized carbons (Fsp3) is 0.500. The Morgan fingerprint density at radius 2 is 2.30 bits per heavy atom. The Hall–Kier alpha value is -1.30. The van der Waals surface area contributed by atoms with Crippen molar-refractivity contribution in [2.75, 3.05) is 27.0 Å². The molecule has 0 saturated heterocycles. The van der Waals surface area contributed by atoms with Crippen molar-refractivity contribution < 1.29 is 19.0 Å². The van der Waals surface area contributed by atoms with E-state index in [0.717, 1.165) is 16.9 Å². The van der Waals surface area contributed by atoms with Crippen LogP contribution in [0.5, 0.6) is 5.75 Å². The average Bonchev–Trinajstić information content (AvgIpc) is 2.38. The summed E-state index contributed by atoms with van der Waals surface area (Å²) in [6.07, 6.45) is 0. The highest BCUT2D eigenvalue weighted by Gasteiger charge is 2.18. The van der Waals surface area contributed by atoms with Crippen LogP contribution in [0.3, 0.4) is 0 Å². The van der Waals surface area contributed by atoms with Crippen molar-refractivity contribution in [3.63, 3.8) is 0 Å². The predicted molar refractivity (Wildman–Crippen MR) is 74.7 cm³/mol. The molecule has 0 N–H and O–H groups in total. The number of carbonyl (C=O) groups excluding carboxylic acids is 1. The Morgan fingerprint density at radius 3 is 3.05 bits per heavy atom. The minimum atomic E-state index is -0.241. The maximum atomic E-state index is 11.5. The summed E-state index contributed by atoms with van der Waals surface area (Å²) in [5.74, 6) is 0.562. The van der Waals surface area contributed by atoms with E-state index in [1.54, 1.807) is 6.92 Å². The zero-order valence-corrected chi connectivity index (χ0v) is 12.4. The molecule has 0 unspecified atom stereocenters. The van der Waals surface area contributed by atoms with Crippen molar-refractivity contribution >= 4 is 17.6 Å². The Bertz CT molecular complexity index is 492. The zero-order valence-electron chi connectivity index (χ0n) is 11.6. The zero-order chi connectivity index (χ0) is 14.5. The van der Waals surface area contributed by atoms with E-state index >= 15 is 0 Å². The summed E-state index contributed by atoms with van der Waals surface area (Å²) in [6, 6.07) is 3.69. The van der Waals surface area contributed by atoms with Crippen LogP contribution in [-0.4, -0.2) is 37.9 Å². The lowest BCUT2D eigenvalue weighted by Gasteiger charge is -2.23. The lowest BCUT2D eigenvalue weighted by molar-refractivity contribution is -0.144. The van der Waals surface area contributed by atoms with Crippen LogP contribution in [0.15, 0.2) is 12.1 Å². The van der Waals surface area contributed by atoms with E-state index in [2.05, 4.69) is 0 Å². The topological polar surface area (TPSA) is 48.0 Å². The molecule has 0 fully saturated rings. The number of hydrogen-bond acceptors (Lipinski definition) is 5. The molecule has 0 aromatic heterocycles. The molecule has 0 bridgehead atoms. The molecule has 5 nitrogen and oxygen atoms in total. The number of fused-ring (bicyclic) bond motifs is 1. The van der Waals surface area contributed by atoms with Crippen LogP contribution in [0.1, 0.15) is 18.1 Å². The molecule has 1 aromatic carbocycles. The Morgan fingerprint density at radius 1 is 1.50 bits per heavy atom. The number of likely N-dealkylation sites (N-methyl/N-ethyl adjacent to an activating group) is 1. The molecule has 1 heterocycles. The summed E-state index contributed by atoms with van der Waals surface area (Å²) in [5.41, 5.74) is 1.88. The van der Waals surface area contributed by atoms with Gasteiger partial charge in [-0.2, -0.15) is 0 Å². The predicted octanol–water partition coefficient (Wildman–Crippen LogP) is 2.20. The van der Waals surface area contributed by atoms with Crippen molar-refractivity contribution in [3.05, 3.63) is 28.3 Å². The van der Waals surface area contributed by atoms with Gasteiger partial charge in [0.2, 0.25) is 0 Å². The third-order valence-electron chi connectivity index (χ3n) is 2.90. The van der Waals surface area contributed by atoms with Crippen molar-refractivity contribution in [1.82, 2.24) is 4.90 Å². The molecule has 0 spiro atoms. The molecule has 2 rings (SSSR count). The number of benzene rings is 1. The lowest BCUT2D eigenvalue weighted by atomic mass is 10.1. The van der Waals surface area contributed by atoms with Gasteiger partial charge in [0.1, 0.15) is 5.75 Å². The first-order chi connectivity index (χ1) is 9.60. The molecule has 0 atom stereocenters. The number of carbonyl (C=O) groups is 1. The molecule has 6 heteroatoms. The highest BCUT2D eigenvalue weighted by Crippen LogP contribution is 2.32. The number of hydrogen-bond donors (Lipinski definition) is 0. The van der Waals surface area contributed by atoms with Gasteiger partial charge in [0, 0.05) is 22.7 Å². The standard InChI is InChI=1S/C14H18ClNO4/c1-3-19-13(17)7-16(2)6-10-4-12(15)5-11-8-18-9-20-14(10)11/h4-5H,3,6-9H2,1-2H3. The minimum absolute atomic E-state index is 0.228. The number of nitrogens with zero attached hydrogens (tertiary/aromatic N) is 1. The Balaban J connectivity index is 2.08. The summed E-state index contributed by atoms with van der Waals surface area (Å²) < 4.78 is 15.7. The molecule has 20 heavy (non-hydrogen) atoms.